The summed E-state index contributed by atoms with van der Waals surface area (Å²) in [4.78, 5) is 13.6. The predicted molar refractivity (Wildman–Crippen MR) is 70.7 cm³/mol. The minimum Gasteiger partial charge on any atom is -0.378 e. The highest BCUT2D eigenvalue weighted by Crippen LogP contribution is 2.04. The molecule has 18 heavy (non-hydrogen) atoms. The maximum atomic E-state index is 11.8. The first-order valence-corrected chi connectivity index (χ1v) is 6.42. The molecule has 0 spiro atoms. The van der Waals surface area contributed by atoms with Crippen LogP contribution in [-0.4, -0.2) is 43.8 Å². The normalized spacial score (nSPS) is 15.5. The molecule has 0 unspecified atom stereocenters. The van der Waals surface area contributed by atoms with E-state index in [0.717, 1.165) is 6.42 Å². The number of hydrogen-bond donors (Lipinski definition) is 1. The highest BCUT2D eigenvalue weighted by Gasteiger charge is 2.15. The Hall–Kier alpha value is -1.55. The molecule has 1 N–H and O–H groups in total. The Morgan fingerprint density at radius 2 is 2.17 bits per heavy atom. The molecule has 2 rings (SSSR count). The summed E-state index contributed by atoms with van der Waals surface area (Å²) in [5.74, 6) is 0. The van der Waals surface area contributed by atoms with Gasteiger partial charge < -0.3 is 15.0 Å². The molecule has 0 atom stereocenters. The van der Waals surface area contributed by atoms with Crippen molar-refractivity contribution in [3.05, 3.63) is 35.4 Å². The van der Waals surface area contributed by atoms with Gasteiger partial charge in [0, 0.05) is 19.6 Å². The summed E-state index contributed by atoms with van der Waals surface area (Å²) >= 11 is 0. The number of benzene rings is 1. The minimum atomic E-state index is 0.0194. The van der Waals surface area contributed by atoms with Gasteiger partial charge in [-0.25, -0.2) is 4.79 Å². The number of carbonyl (C=O) groups excluding carboxylic acids is 1. The number of morpholine rings is 1. The molecule has 1 aliphatic rings. The van der Waals surface area contributed by atoms with Crippen LogP contribution in [0.3, 0.4) is 0 Å². The predicted octanol–water partition coefficient (Wildman–Crippen LogP) is 1.58. The molecule has 4 heteroatoms. The van der Waals surface area contributed by atoms with Crippen LogP contribution < -0.4 is 5.32 Å². The molecule has 0 bridgehead atoms. The second kappa shape index (κ2) is 6.40. The number of aryl methyl sites for hydroxylation is 1. The number of urea groups is 1. The highest BCUT2D eigenvalue weighted by atomic mass is 16.5. The van der Waals surface area contributed by atoms with E-state index in [-0.39, 0.29) is 6.03 Å². The van der Waals surface area contributed by atoms with Crippen molar-refractivity contribution in [2.75, 3.05) is 32.8 Å². The lowest BCUT2D eigenvalue weighted by atomic mass is 10.1. The first kappa shape index (κ1) is 12.9. The zero-order chi connectivity index (χ0) is 12.8. The standard InChI is InChI=1S/C14H20N2O2/c1-12-3-2-4-13(11-12)5-6-15-14(17)16-7-9-18-10-8-16/h2-4,11H,5-10H2,1H3,(H,15,17). The molecule has 0 aromatic heterocycles. The fourth-order valence-electron chi connectivity index (χ4n) is 2.06. The Morgan fingerprint density at radius 1 is 1.39 bits per heavy atom. The van der Waals surface area contributed by atoms with Gasteiger partial charge >= 0.3 is 6.03 Å². The van der Waals surface area contributed by atoms with Crippen molar-refractivity contribution in [1.29, 1.82) is 0 Å². The molecule has 1 aromatic rings. The molecule has 98 valence electrons. The molecule has 1 aliphatic heterocycles. The molecule has 4 nitrogen and oxygen atoms in total. The van der Waals surface area contributed by atoms with Crippen molar-refractivity contribution in [1.82, 2.24) is 10.2 Å². The van der Waals surface area contributed by atoms with Crippen LogP contribution in [-0.2, 0) is 11.2 Å². The fourth-order valence-corrected chi connectivity index (χ4v) is 2.06. The molecule has 1 heterocycles. The summed E-state index contributed by atoms with van der Waals surface area (Å²) in [5.41, 5.74) is 2.52. The van der Waals surface area contributed by atoms with Gasteiger partial charge in [-0.05, 0) is 18.9 Å². The second-order valence-electron chi connectivity index (χ2n) is 4.57. The first-order valence-electron chi connectivity index (χ1n) is 6.42. The quantitative estimate of drug-likeness (QED) is 0.882. The van der Waals surface area contributed by atoms with Gasteiger partial charge in [0.15, 0.2) is 0 Å². The van der Waals surface area contributed by atoms with Gasteiger partial charge in [0.1, 0.15) is 0 Å². The zero-order valence-electron chi connectivity index (χ0n) is 10.8. The molecule has 0 radical (unpaired) electrons. The maximum absolute atomic E-state index is 11.8. The number of amides is 2. The third-order valence-electron chi connectivity index (χ3n) is 3.07. The Bertz CT molecular complexity index is 401. The summed E-state index contributed by atoms with van der Waals surface area (Å²) in [6, 6.07) is 8.39. The Morgan fingerprint density at radius 3 is 2.89 bits per heavy atom. The van der Waals surface area contributed by atoms with E-state index in [0.29, 0.717) is 32.8 Å². The molecule has 0 aliphatic carbocycles. The third-order valence-corrected chi connectivity index (χ3v) is 3.07. The van der Waals surface area contributed by atoms with Gasteiger partial charge in [0.2, 0.25) is 0 Å². The Labute approximate surface area is 108 Å². The second-order valence-corrected chi connectivity index (χ2v) is 4.57. The van der Waals surface area contributed by atoms with Gasteiger partial charge in [-0.2, -0.15) is 0 Å². The number of hydrogen-bond acceptors (Lipinski definition) is 2. The molecule has 0 saturated carbocycles. The smallest absolute Gasteiger partial charge is 0.317 e. The number of ether oxygens (including phenoxy) is 1. The fraction of sp³-hybridized carbons (Fsp3) is 0.500. The molecule has 1 fully saturated rings. The van der Waals surface area contributed by atoms with Gasteiger partial charge in [0.25, 0.3) is 0 Å². The van der Waals surface area contributed by atoms with Crippen LogP contribution in [0.5, 0.6) is 0 Å². The van der Waals surface area contributed by atoms with Crippen LogP contribution in [0, 0.1) is 6.92 Å². The van der Waals surface area contributed by atoms with Gasteiger partial charge in [0.05, 0.1) is 13.2 Å². The number of carbonyl (C=O) groups is 1. The zero-order valence-corrected chi connectivity index (χ0v) is 10.8. The maximum Gasteiger partial charge on any atom is 0.317 e. The van der Waals surface area contributed by atoms with E-state index in [1.807, 2.05) is 0 Å². The van der Waals surface area contributed by atoms with Gasteiger partial charge in [-0.15, -0.1) is 0 Å². The number of nitrogens with zero attached hydrogens (tertiary/aromatic N) is 1. The van der Waals surface area contributed by atoms with E-state index in [4.69, 9.17) is 4.74 Å². The average Bonchev–Trinajstić information content (AvgIpc) is 2.40. The van der Waals surface area contributed by atoms with E-state index in [1.165, 1.54) is 11.1 Å². The number of nitrogens with one attached hydrogen (secondary N) is 1. The third kappa shape index (κ3) is 3.74. The van der Waals surface area contributed by atoms with E-state index in [2.05, 4.69) is 36.5 Å². The summed E-state index contributed by atoms with van der Waals surface area (Å²) in [6.07, 6.45) is 0.873. The van der Waals surface area contributed by atoms with Crippen molar-refractivity contribution in [3.63, 3.8) is 0 Å². The van der Waals surface area contributed by atoms with Crippen LogP contribution in [0.15, 0.2) is 24.3 Å². The lowest BCUT2D eigenvalue weighted by molar-refractivity contribution is 0.0533. The minimum absolute atomic E-state index is 0.0194. The number of rotatable bonds is 3. The topological polar surface area (TPSA) is 41.6 Å². The highest BCUT2D eigenvalue weighted by molar-refractivity contribution is 5.74. The summed E-state index contributed by atoms with van der Waals surface area (Å²) in [6.45, 7) is 5.43. The largest absolute Gasteiger partial charge is 0.378 e. The van der Waals surface area contributed by atoms with E-state index >= 15 is 0 Å². The van der Waals surface area contributed by atoms with E-state index in [9.17, 15) is 4.79 Å². The van der Waals surface area contributed by atoms with Crippen molar-refractivity contribution < 1.29 is 9.53 Å². The lowest BCUT2D eigenvalue weighted by Crippen LogP contribution is -2.46. The van der Waals surface area contributed by atoms with Crippen LogP contribution >= 0.6 is 0 Å². The van der Waals surface area contributed by atoms with Crippen molar-refractivity contribution >= 4 is 6.03 Å². The SMILES string of the molecule is Cc1cccc(CCNC(=O)N2CCOCC2)c1. The Kier molecular flexibility index (Phi) is 4.59. The van der Waals surface area contributed by atoms with Crippen LogP contribution in [0.4, 0.5) is 4.79 Å². The molecular formula is C14H20N2O2. The summed E-state index contributed by atoms with van der Waals surface area (Å²) in [5, 5.41) is 2.95. The summed E-state index contributed by atoms with van der Waals surface area (Å²) in [7, 11) is 0. The van der Waals surface area contributed by atoms with E-state index in [1.54, 1.807) is 4.90 Å². The Balaban J connectivity index is 1.73. The monoisotopic (exact) mass is 248 g/mol. The van der Waals surface area contributed by atoms with Gasteiger partial charge in [-0.3, -0.25) is 0 Å². The van der Waals surface area contributed by atoms with Crippen molar-refractivity contribution in [2.45, 2.75) is 13.3 Å². The molecule has 1 saturated heterocycles. The van der Waals surface area contributed by atoms with Crippen molar-refractivity contribution in [3.8, 4) is 0 Å². The average molecular weight is 248 g/mol. The molecule has 1 aromatic carbocycles. The lowest BCUT2D eigenvalue weighted by Gasteiger charge is -2.26. The van der Waals surface area contributed by atoms with Crippen LogP contribution in [0.1, 0.15) is 11.1 Å². The van der Waals surface area contributed by atoms with Crippen LogP contribution in [0.25, 0.3) is 0 Å². The van der Waals surface area contributed by atoms with E-state index < -0.39 is 0 Å². The summed E-state index contributed by atoms with van der Waals surface area (Å²) < 4.78 is 5.22. The molecule has 2 amide bonds. The first-order chi connectivity index (χ1) is 8.75. The van der Waals surface area contributed by atoms with Crippen LogP contribution in [0.2, 0.25) is 0 Å². The molecular weight excluding hydrogens is 228 g/mol. The van der Waals surface area contributed by atoms with Gasteiger partial charge in [-0.1, -0.05) is 29.8 Å². The van der Waals surface area contributed by atoms with Crippen molar-refractivity contribution in [2.24, 2.45) is 0 Å².